The Morgan fingerprint density at radius 3 is 2.53 bits per heavy atom. The quantitative estimate of drug-likeness (QED) is 0.915. The molecule has 1 atom stereocenters. The predicted molar refractivity (Wildman–Crippen MR) is 76.9 cm³/mol. The Balaban J connectivity index is 2.53. The van der Waals surface area contributed by atoms with Crippen LogP contribution in [0.2, 0.25) is 0 Å². The van der Waals surface area contributed by atoms with Gasteiger partial charge in [-0.05, 0) is 35.1 Å². The van der Waals surface area contributed by atoms with Crippen molar-refractivity contribution in [3.8, 4) is 11.5 Å². The minimum absolute atomic E-state index is 0.116. The third kappa shape index (κ3) is 2.62. The van der Waals surface area contributed by atoms with E-state index in [0.29, 0.717) is 11.5 Å². The molecule has 5 heteroatoms. The van der Waals surface area contributed by atoms with E-state index >= 15 is 0 Å². The molecule has 0 bridgehead atoms. The highest BCUT2D eigenvalue weighted by Crippen LogP contribution is 2.38. The van der Waals surface area contributed by atoms with Crippen LogP contribution in [0.3, 0.4) is 0 Å². The zero-order valence-electron chi connectivity index (χ0n) is 11.1. The molecule has 2 aromatic rings. The maximum Gasteiger partial charge on any atom is 0.165 e. The van der Waals surface area contributed by atoms with Gasteiger partial charge in [0.25, 0.3) is 0 Å². The summed E-state index contributed by atoms with van der Waals surface area (Å²) in [5.41, 5.74) is 0.958. The molecule has 0 fully saturated rings. The first kappa shape index (κ1) is 14.0. The fourth-order valence-electron chi connectivity index (χ4n) is 2.08. The van der Waals surface area contributed by atoms with Crippen LogP contribution in [-0.2, 0) is 0 Å². The number of para-hydroxylation sites is 1. The first-order valence-electron chi connectivity index (χ1n) is 5.84. The van der Waals surface area contributed by atoms with E-state index in [4.69, 9.17) is 13.9 Å². The highest BCUT2D eigenvalue weighted by atomic mass is 79.9. The van der Waals surface area contributed by atoms with Crippen molar-refractivity contribution < 1.29 is 13.9 Å². The van der Waals surface area contributed by atoms with Crippen molar-refractivity contribution in [2.75, 3.05) is 21.3 Å². The molecule has 0 amide bonds. The van der Waals surface area contributed by atoms with Crippen LogP contribution in [0, 0.1) is 0 Å². The molecule has 1 heterocycles. The Kier molecular flexibility index (Phi) is 4.50. The van der Waals surface area contributed by atoms with Gasteiger partial charge in [-0.1, -0.05) is 12.1 Å². The van der Waals surface area contributed by atoms with Gasteiger partial charge in [0.1, 0.15) is 5.76 Å². The summed E-state index contributed by atoms with van der Waals surface area (Å²) < 4.78 is 17.2. The lowest BCUT2D eigenvalue weighted by Crippen LogP contribution is -2.18. The number of nitrogens with one attached hydrogen (secondary N) is 1. The topological polar surface area (TPSA) is 43.6 Å². The van der Waals surface area contributed by atoms with Gasteiger partial charge in [0.15, 0.2) is 11.5 Å². The van der Waals surface area contributed by atoms with Crippen LogP contribution < -0.4 is 14.8 Å². The largest absolute Gasteiger partial charge is 0.493 e. The van der Waals surface area contributed by atoms with E-state index in [1.165, 1.54) is 0 Å². The molecule has 0 saturated carbocycles. The van der Waals surface area contributed by atoms with E-state index in [1.807, 2.05) is 31.3 Å². The molecule has 2 rings (SSSR count). The Morgan fingerprint density at radius 1 is 1.21 bits per heavy atom. The van der Waals surface area contributed by atoms with Crippen molar-refractivity contribution in [2.24, 2.45) is 0 Å². The number of halogens is 1. The Labute approximate surface area is 120 Å². The molecule has 1 N–H and O–H groups in total. The molecule has 19 heavy (non-hydrogen) atoms. The van der Waals surface area contributed by atoms with Crippen LogP contribution in [0.15, 0.2) is 39.4 Å². The van der Waals surface area contributed by atoms with E-state index in [-0.39, 0.29) is 6.04 Å². The van der Waals surface area contributed by atoms with E-state index in [9.17, 15) is 0 Å². The first-order chi connectivity index (χ1) is 9.22. The number of hydrogen-bond acceptors (Lipinski definition) is 4. The SMILES string of the molecule is CNC(c1cccc(OC)c1OC)c1occc1Br. The van der Waals surface area contributed by atoms with Crippen molar-refractivity contribution in [1.82, 2.24) is 5.32 Å². The minimum Gasteiger partial charge on any atom is -0.493 e. The summed E-state index contributed by atoms with van der Waals surface area (Å²) in [6.07, 6.45) is 1.65. The fraction of sp³-hybridized carbons (Fsp3) is 0.286. The molecule has 4 nitrogen and oxygen atoms in total. The highest BCUT2D eigenvalue weighted by Gasteiger charge is 2.23. The van der Waals surface area contributed by atoms with Crippen molar-refractivity contribution in [1.29, 1.82) is 0 Å². The van der Waals surface area contributed by atoms with Gasteiger partial charge in [0.2, 0.25) is 0 Å². The molecule has 0 saturated heterocycles. The van der Waals surface area contributed by atoms with Crippen LogP contribution in [0.4, 0.5) is 0 Å². The van der Waals surface area contributed by atoms with Crippen molar-refractivity contribution in [3.63, 3.8) is 0 Å². The minimum atomic E-state index is -0.116. The summed E-state index contributed by atoms with van der Waals surface area (Å²) in [4.78, 5) is 0. The molecule has 102 valence electrons. The van der Waals surface area contributed by atoms with Gasteiger partial charge < -0.3 is 19.2 Å². The van der Waals surface area contributed by atoms with E-state index in [1.54, 1.807) is 20.5 Å². The lowest BCUT2D eigenvalue weighted by atomic mass is 10.0. The summed E-state index contributed by atoms with van der Waals surface area (Å²) >= 11 is 3.48. The first-order valence-corrected chi connectivity index (χ1v) is 6.63. The van der Waals surface area contributed by atoms with Crippen LogP contribution in [0.1, 0.15) is 17.4 Å². The van der Waals surface area contributed by atoms with Crippen molar-refractivity contribution in [3.05, 3.63) is 46.3 Å². The van der Waals surface area contributed by atoms with Crippen LogP contribution in [-0.4, -0.2) is 21.3 Å². The number of rotatable bonds is 5. The van der Waals surface area contributed by atoms with Gasteiger partial charge in [-0.3, -0.25) is 0 Å². The number of hydrogen-bond donors (Lipinski definition) is 1. The second kappa shape index (κ2) is 6.12. The maximum absolute atomic E-state index is 5.54. The zero-order valence-corrected chi connectivity index (χ0v) is 12.7. The summed E-state index contributed by atoms with van der Waals surface area (Å²) in [6, 6.07) is 7.53. The third-order valence-electron chi connectivity index (χ3n) is 2.94. The average Bonchev–Trinajstić information content (AvgIpc) is 2.85. The zero-order chi connectivity index (χ0) is 13.8. The molecule has 0 spiro atoms. The Bertz CT molecular complexity index is 553. The molecule has 0 radical (unpaired) electrons. The van der Waals surface area contributed by atoms with Gasteiger partial charge in [0.05, 0.1) is 31.0 Å². The normalized spacial score (nSPS) is 12.2. The maximum atomic E-state index is 5.54. The summed E-state index contributed by atoms with van der Waals surface area (Å²) in [5.74, 6) is 2.20. The van der Waals surface area contributed by atoms with Crippen LogP contribution in [0.25, 0.3) is 0 Å². The Morgan fingerprint density at radius 2 is 2.00 bits per heavy atom. The molecule has 0 aliphatic heterocycles. The lowest BCUT2D eigenvalue weighted by Gasteiger charge is -2.19. The predicted octanol–water partition coefficient (Wildman–Crippen LogP) is 3.37. The third-order valence-corrected chi connectivity index (χ3v) is 3.60. The lowest BCUT2D eigenvalue weighted by molar-refractivity contribution is 0.346. The van der Waals surface area contributed by atoms with Gasteiger partial charge in [-0.25, -0.2) is 0 Å². The average molecular weight is 326 g/mol. The second-order valence-corrected chi connectivity index (χ2v) is 4.79. The van der Waals surface area contributed by atoms with Crippen LogP contribution >= 0.6 is 15.9 Å². The summed E-state index contributed by atoms with van der Waals surface area (Å²) in [5, 5.41) is 3.23. The molecule has 1 aromatic carbocycles. The molecular weight excluding hydrogens is 310 g/mol. The molecule has 1 unspecified atom stereocenters. The molecule has 1 aromatic heterocycles. The standard InChI is InChI=1S/C14H16BrNO3/c1-16-12(14-10(15)7-8-19-14)9-5-4-6-11(17-2)13(9)18-3/h4-8,12,16H,1-3H3. The van der Waals surface area contributed by atoms with E-state index < -0.39 is 0 Å². The van der Waals surface area contributed by atoms with Gasteiger partial charge in [0, 0.05) is 5.56 Å². The molecular formula is C14H16BrNO3. The van der Waals surface area contributed by atoms with Gasteiger partial charge in [-0.2, -0.15) is 0 Å². The van der Waals surface area contributed by atoms with E-state index in [0.717, 1.165) is 15.8 Å². The second-order valence-electron chi connectivity index (χ2n) is 3.94. The van der Waals surface area contributed by atoms with Gasteiger partial charge >= 0.3 is 0 Å². The number of methoxy groups -OCH3 is 2. The monoisotopic (exact) mass is 325 g/mol. The fourth-order valence-corrected chi connectivity index (χ4v) is 2.51. The number of benzene rings is 1. The van der Waals surface area contributed by atoms with Crippen molar-refractivity contribution in [2.45, 2.75) is 6.04 Å². The van der Waals surface area contributed by atoms with E-state index in [2.05, 4.69) is 21.2 Å². The van der Waals surface area contributed by atoms with Crippen molar-refractivity contribution >= 4 is 15.9 Å². The summed E-state index contributed by atoms with van der Waals surface area (Å²) in [6.45, 7) is 0. The summed E-state index contributed by atoms with van der Waals surface area (Å²) in [7, 11) is 5.13. The highest BCUT2D eigenvalue weighted by molar-refractivity contribution is 9.10. The van der Waals surface area contributed by atoms with Gasteiger partial charge in [-0.15, -0.1) is 0 Å². The number of ether oxygens (including phenoxy) is 2. The molecule has 0 aliphatic carbocycles. The Hall–Kier alpha value is -1.46. The molecule has 0 aliphatic rings. The number of furan rings is 1. The smallest absolute Gasteiger partial charge is 0.165 e. The van der Waals surface area contributed by atoms with Crippen LogP contribution in [0.5, 0.6) is 11.5 Å².